The minimum atomic E-state index is 0.478. The highest BCUT2D eigenvalue weighted by Crippen LogP contribution is 2.39. The number of aromatic nitrogens is 1. The van der Waals surface area contributed by atoms with Gasteiger partial charge >= 0.3 is 0 Å². The van der Waals surface area contributed by atoms with Crippen molar-refractivity contribution in [3.8, 4) is 0 Å². The molecule has 3 rings (SSSR count). The standard InChI is InChI=1S/C16H27N3S/c1-11(2)15-14(9-17)20-16(18-15)19-8-7-12-5-3-4-6-13(12)10-19/h11-13H,3-10,17H2,1-2H3. The lowest BCUT2D eigenvalue weighted by atomic mass is 9.75. The fourth-order valence-electron chi connectivity index (χ4n) is 3.86. The van der Waals surface area contributed by atoms with Crippen molar-refractivity contribution in [2.75, 3.05) is 18.0 Å². The molecule has 4 heteroatoms. The van der Waals surface area contributed by atoms with Gasteiger partial charge in [-0.3, -0.25) is 0 Å². The predicted octanol–water partition coefficient (Wildman–Crippen LogP) is 3.74. The van der Waals surface area contributed by atoms with Gasteiger partial charge in [-0.1, -0.05) is 33.1 Å². The van der Waals surface area contributed by atoms with E-state index < -0.39 is 0 Å². The molecular weight excluding hydrogens is 266 g/mol. The second-order valence-electron chi connectivity index (χ2n) is 6.70. The van der Waals surface area contributed by atoms with Crippen LogP contribution in [0.3, 0.4) is 0 Å². The highest BCUT2D eigenvalue weighted by Gasteiger charge is 2.32. The van der Waals surface area contributed by atoms with Gasteiger partial charge in [0.15, 0.2) is 5.13 Å². The summed E-state index contributed by atoms with van der Waals surface area (Å²) in [7, 11) is 0. The van der Waals surface area contributed by atoms with E-state index in [9.17, 15) is 0 Å². The van der Waals surface area contributed by atoms with Crippen LogP contribution in [0.5, 0.6) is 0 Å². The van der Waals surface area contributed by atoms with E-state index in [2.05, 4.69) is 18.7 Å². The molecule has 0 bridgehead atoms. The first-order chi connectivity index (χ1) is 9.69. The molecule has 3 nitrogen and oxygen atoms in total. The number of hydrogen-bond acceptors (Lipinski definition) is 4. The Balaban J connectivity index is 1.76. The summed E-state index contributed by atoms with van der Waals surface area (Å²) in [4.78, 5) is 8.71. The molecule has 1 saturated carbocycles. The highest BCUT2D eigenvalue weighted by molar-refractivity contribution is 7.15. The predicted molar refractivity (Wildman–Crippen MR) is 86.4 cm³/mol. The second-order valence-corrected chi connectivity index (χ2v) is 7.77. The van der Waals surface area contributed by atoms with Crippen LogP contribution in [0.2, 0.25) is 0 Å². The minimum absolute atomic E-state index is 0.478. The average Bonchev–Trinajstić information content (AvgIpc) is 2.91. The summed E-state index contributed by atoms with van der Waals surface area (Å²) in [6.45, 7) is 7.47. The summed E-state index contributed by atoms with van der Waals surface area (Å²) in [6, 6.07) is 0. The van der Waals surface area contributed by atoms with Crippen LogP contribution < -0.4 is 10.6 Å². The molecule has 20 heavy (non-hydrogen) atoms. The van der Waals surface area contributed by atoms with Crippen molar-refractivity contribution in [2.24, 2.45) is 17.6 Å². The van der Waals surface area contributed by atoms with E-state index in [1.165, 1.54) is 60.9 Å². The average molecular weight is 293 g/mol. The summed E-state index contributed by atoms with van der Waals surface area (Å²) in [5, 5.41) is 1.22. The normalized spacial score (nSPS) is 26.9. The molecule has 2 aliphatic rings. The topological polar surface area (TPSA) is 42.2 Å². The summed E-state index contributed by atoms with van der Waals surface area (Å²) in [5.74, 6) is 2.37. The van der Waals surface area contributed by atoms with Gasteiger partial charge in [-0.2, -0.15) is 0 Å². The number of anilines is 1. The van der Waals surface area contributed by atoms with Gasteiger partial charge in [-0.15, -0.1) is 11.3 Å². The van der Waals surface area contributed by atoms with Crippen LogP contribution in [0.15, 0.2) is 0 Å². The quantitative estimate of drug-likeness (QED) is 0.923. The van der Waals surface area contributed by atoms with E-state index in [0.29, 0.717) is 12.5 Å². The Morgan fingerprint density at radius 3 is 2.65 bits per heavy atom. The third-order valence-corrected chi connectivity index (χ3v) is 6.16. The summed E-state index contributed by atoms with van der Waals surface area (Å²) in [5.41, 5.74) is 7.11. The summed E-state index contributed by atoms with van der Waals surface area (Å²) < 4.78 is 0. The fourth-order valence-corrected chi connectivity index (χ4v) is 4.99. The van der Waals surface area contributed by atoms with Crippen molar-refractivity contribution < 1.29 is 0 Å². The molecule has 112 valence electrons. The Kier molecular flexibility index (Phi) is 4.32. The van der Waals surface area contributed by atoms with Crippen molar-refractivity contribution in [3.63, 3.8) is 0 Å². The third kappa shape index (κ3) is 2.73. The van der Waals surface area contributed by atoms with Gasteiger partial charge in [0.2, 0.25) is 0 Å². The van der Waals surface area contributed by atoms with Gasteiger partial charge in [0.05, 0.1) is 5.69 Å². The van der Waals surface area contributed by atoms with E-state index in [1.807, 2.05) is 11.3 Å². The van der Waals surface area contributed by atoms with Crippen LogP contribution in [0.1, 0.15) is 62.4 Å². The van der Waals surface area contributed by atoms with Crippen molar-refractivity contribution in [2.45, 2.75) is 58.4 Å². The van der Waals surface area contributed by atoms with E-state index in [0.717, 1.165) is 11.8 Å². The summed E-state index contributed by atoms with van der Waals surface area (Å²) in [6.07, 6.45) is 7.12. The molecule has 1 saturated heterocycles. The number of nitrogens with zero attached hydrogens (tertiary/aromatic N) is 2. The van der Waals surface area contributed by atoms with Gasteiger partial charge in [0, 0.05) is 24.5 Å². The van der Waals surface area contributed by atoms with Crippen molar-refractivity contribution >= 4 is 16.5 Å². The first kappa shape index (κ1) is 14.3. The Morgan fingerprint density at radius 2 is 2.00 bits per heavy atom. The Morgan fingerprint density at radius 1 is 1.25 bits per heavy atom. The Hall–Kier alpha value is -0.610. The fraction of sp³-hybridized carbons (Fsp3) is 0.812. The minimum Gasteiger partial charge on any atom is -0.348 e. The Labute approximate surface area is 126 Å². The van der Waals surface area contributed by atoms with Crippen molar-refractivity contribution in [1.29, 1.82) is 0 Å². The molecule has 2 N–H and O–H groups in total. The molecule has 1 aromatic heterocycles. The number of fused-ring (bicyclic) bond motifs is 1. The van der Waals surface area contributed by atoms with Crippen LogP contribution >= 0.6 is 11.3 Å². The molecule has 1 aliphatic carbocycles. The SMILES string of the molecule is CC(C)c1nc(N2CCC3CCCCC3C2)sc1CN. The van der Waals surface area contributed by atoms with E-state index in [4.69, 9.17) is 10.7 Å². The third-order valence-electron chi connectivity index (χ3n) is 5.01. The molecule has 1 aliphatic heterocycles. The zero-order valence-corrected chi connectivity index (χ0v) is 13.6. The number of hydrogen-bond donors (Lipinski definition) is 1. The van der Waals surface area contributed by atoms with Gasteiger partial charge in [-0.05, 0) is 30.6 Å². The van der Waals surface area contributed by atoms with Gasteiger partial charge in [-0.25, -0.2) is 4.98 Å². The zero-order chi connectivity index (χ0) is 14.1. The Bertz CT molecular complexity index is 455. The monoisotopic (exact) mass is 293 g/mol. The van der Waals surface area contributed by atoms with Crippen LogP contribution in [-0.4, -0.2) is 18.1 Å². The van der Waals surface area contributed by atoms with Gasteiger partial charge < -0.3 is 10.6 Å². The molecule has 0 spiro atoms. The lowest BCUT2D eigenvalue weighted by molar-refractivity contribution is 0.202. The second kappa shape index (κ2) is 6.02. The molecule has 2 fully saturated rings. The molecule has 0 radical (unpaired) electrons. The zero-order valence-electron chi connectivity index (χ0n) is 12.8. The number of piperidine rings is 1. The summed E-state index contributed by atoms with van der Waals surface area (Å²) >= 11 is 1.82. The van der Waals surface area contributed by atoms with Crippen LogP contribution in [0.4, 0.5) is 5.13 Å². The van der Waals surface area contributed by atoms with Crippen LogP contribution in [0.25, 0.3) is 0 Å². The molecule has 2 atom stereocenters. The molecule has 0 aromatic carbocycles. The van der Waals surface area contributed by atoms with Gasteiger partial charge in [0.25, 0.3) is 0 Å². The molecule has 2 heterocycles. The van der Waals surface area contributed by atoms with Crippen LogP contribution in [0, 0.1) is 11.8 Å². The van der Waals surface area contributed by atoms with Crippen molar-refractivity contribution in [3.05, 3.63) is 10.6 Å². The first-order valence-corrected chi connectivity index (χ1v) is 8.95. The van der Waals surface area contributed by atoms with E-state index in [-0.39, 0.29) is 0 Å². The molecule has 0 amide bonds. The number of thiazole rings is 1. The van der Waals surface area contributed by atoms with Crippen LogP contribution in [-0.2, 0) is 6.54 Å². The lowest BCUT2D eigenvalue weighted by Crippen LogP contribution is -2.41. The van der Waals surface area contributed by atoms with E-state index in [1.54, 1.807) is 0 Å². The smallest absolute Gasteiger partial charge is 0.185 e. The molecule has 1 aromatic rings. The number of nitrogens with two attached hydrogens (primary N) is 1. The first-order valence-electron chi connectivity index (χ1n) is 8.13. The lowest BCUT2D eigenvalue weighted by Gasteiger charge is -2.41. The maximum Gasteiger partial charge on any atom is 0.185 e. The number of rotatable bonds is 3. The maximum atomic E-state index is 5.89. The largest absolute Gasteiger partial charge is 0.348 e. The highest BCUT2D eigenvalue weighted by atomic mass is 32.1. The maximum absolute atomic E-state index is 5.89. The molecule has 2 unspecified atom stereocenters. The molecular formula is C16H27N3S. The van der Waals surface area contributed by atoms with E-state index >= 15 is 0 Å². The van der Waals surface area contributed by atoms with Gasteiger partial charge in [0.1, 0.15) is 0 Å². The van der Waals surface area contributed by atoms with Crippen molar-refractivity contribution in [1.82, 2.24) is 4.98 Å².